The zero-order valence-corrected chi connectivity index (χ0v) is 39.0. The zero-order valence-electron chi connectivity index (χ0n) is 38.2. The SMILES string of the molecule is c1ccc(-c2cc(-c3ccccc3)c3sc4c(-c5ccc6c7ccccc7n(-c7ccc8c(-c9ccccc9)c9ccccc9c(-c9ccccc9)c8c7)c6c5)cc(-c5ccccc5)cc4c3c2)cc1. The molecule has 14 rings (SSSR count). The first-order valence-electron chi connectivity index (χ1n) is 24.1. The van der Waals surface area contributed by atoms with Crippen molar-refractivity contribution in [1.82, 2.24) is 4.57 Å². The molecule has 0 fully saturated rings. The highest BCUT2D eigenvalue weighted by atomic mass is 32.1. The van der Waals surface area contributed by atoms with Gasteiger partial charge in [0.05, 0.1) is 11.0 Å². The van der Waals surface area contributed by atoms with Crippen molar-refractivity contribution in [2.45, 2.75) is 0 Å². The Morgan fingerprint density at radius 3 is 1.20 bits per heavy atom. The molecule has 0 unspecified atom stereocenters. The van der Waals surface area contributed by atoms with Gasteiger partial charge < -0.3 is 4.57 Å². The first-order chi connectivity index (χ1) is 34.7. The van der Waals surface area contributed by atoms with Gasteiger partial charge in [0.25, 0.3) is 0 Å². The summed E-state index contributed by atoms with van der Waals surface area (Å²) in [5.41, 5.74) is 18.2. The molecule has 326 valence electrons. The summed E-state index contributed by atoms with van der Waals surface area (Å²) < 4.78 is 5.09. The van der Waals surface area contributed by atoms with E-state index in [1.54, 1.807) is 0 Å². The number of benzene rings is 12. The molecule has 70 heavy (non-hydrogen) atoms. The van der Waals surface area contributed by atoms with E-state index in [2.05, 4.69) is 265 Å². The molecule has 0 N–H and O–H groups in total. The Hall–Kier alpha value is -8.82. The van der Waals surface area contributed by atoms with Gasteiger partial charge in [-0.3, -0.25) is 0 Å². The third-order valence-corrected chi connectivity index (χ3v) is 15.6. The highest BCUT2D eigenvalue weighted by Gasteiger charge is 2.22. The van der Waals surface area contributed by atoms with Gasteiger partial charge in [0.15, 0.2) is 0 Å². The average molecular weight is 906 g/mol. The van der Waals surface area contributed by atoms with E-state index in [1.807, 2.05) is 11.3 Å². The Kier molecular flexibility index (Phi) is 9.46. The predicted molar refractivity (Wildman–Crippen MR) is 301 cm³/mol. The summed E-state index contributed by atoms with van der Waals surface area (Å²) in [6.07, 6.45) is 0. The molecule has 0 radical (unpaired) electrons. The molecule has 2 aromatic heterocycles. The molecule has 0 amide bonds. The molecule has 2 heterocycles. The van der Waals surface area contributed by atoms with Crippen LogP contribution in [0.25, 0.3) is 136 Å². The Morgan fingerprint density at radius 1 is 0.229 bits per heavy atom. The topological polar surface area (TPSA) is 4.93 Å². The second-order valence-electron chi connectivity index (χ2n) is 18.3. The van der Waals surface area contributed by atoms with Gasteiger partial charge in [0, 0.05) is 47.8 Å². The Balaban J connectivity index is 1.05. The number of para-hydroxylation sites is 1. The molecular weight excluding hydrogens is 863 g/mol. The van der Waals surface area contributed by atoms with Crippen molar-refractivity contribution in [2.75, 3.05) is 0 Å². The lowest BCUT2D eigenvalue weighted by molar-refractivity contribution is 1.19. The van der Waals surface area contributed by atoms with Crippen LogP contribution >= 0.6 is 11.3 Å². The van der Waals surface area contributed by atoms with E-state index < -0.39 is 0 Å². The van der Waals surface area contributed by atoms with Crippen LogP contribution in [0, 0.1) is 0 Å². The maximum absolute atomic E-state index is 2.50. The fourth-order valence-corrected chi connectivity index (χ4v) is 12.5. The second-order valence-corrected chi connectivity index (χ2v) is 19.4. The Labute approximate surface area is 410 Å². The first kappa shape index (κ1) is 40.3. The quantitative estimate of drug-likeness (QED) is 0.140. The van der Waals surface area contributed by atoms with E-state index in [0.29, 0.717) is 0 Å². The number of thiophene rings is 1. The van der Waals surface area contributed by atoms with Gasteiger partial charge in [0.1, 0.15) is 0 Å². The lowest BCUT2D eigenvalue weighted by atomic mass is 9.86. The van der Waals surface area contributed by atoms with Crippen LogP contribution in [0.5, 0.6) is 0 Å². The molecule has 1 nitrogen and oxygen atoms in total. The van der Waals surface area contributed by atoms with E-state index in [-0.39, 0.29) is 0 Å². The second kappa shape index (κ2) is 16.5. The summed E-state index contributed by atoms with van der Waals surface area (Å²) >= 11 is 1.92. The molecule has 2 heteroatoms. The van der Waals surface area contributed by atoms with Crippen molar-refractivity contribution in [3.05, 3.63) is 261 Å². The van der Waals surface area contributed by atoms with Crippen LogP contribution in [-0.2, 0) is 0 Å². The van der Waals surface area contributed by atoms with E-state index in [4.69, 9.17) is 0 Å². The van der Waals surface area contributed by atoms with Crippen LogP contribution in [-0.4, -0.2) is 4.57 Å². The van der Waals surface area contributed by atoms with Crippen LogP contribution in [0.4, 0.5) is 0 Å². The molecule has 0 aliphatic rings. The number of hydrogen-bond acceptors (Lipinski definition) is 1. The van der Waals surface area contributed by atoms with Gasteiger partial charge in [-0.15, -0.1) is 11.3 Å². The third kappa shape index (κ3) is 6.53. The fraction of sp³-hybridized carbons (Fsp3) is 0. The highest BCUT2D eigenvalue weighted by Crippen LogP contribution is 2.49. The minimum atomic E-state index is 1.13. The summed E-state index contributed by atoms with van der Waals surface area (Å²) in [5, 5.41) is 10.0. The number of rotatable bonds is 7. The van der Waals surface area contributed by atoms with Crippen molar-refractivity contribution >= 4 is 74.9 Å². The maximum Gasteiger partial charge on any atom is 0.0547 e. The minimum Gasteiger partial charge on any atom is -0.309 e. The van der Waals surface area contributed by atoms with E-state index in [1.165, 1.54) is 130 Å². The van der Waals surface area contributed by atoms with E-state index in [9.17, 15) is 0 Å². The van der Waals surface area contributed by atoms with Crippen molar-refractivity contribution in [3.8, 4) is 72.4 Å². The van der Waals surface area contributed by atoms with Crippen molar-refractivity contribution in [3.63, 3.8) is 0 Å². The summed E-state index contributed by atoms with van der Waals surface area (Å²) in [4.78, 5) is 0. The molecule has 0 atom stereocenters. The molecular formula is C68H43NS. The monoisotopic (exact) mass is 905 g/mol. The molecule has 0 spiro atoms. The smallest absolute Gasteiger partial charge is 0.0547 e. The van der Waals surface area contributed by atoms with Gasteiger partial charge in [-0.05, 0) is 126 Å². The van der Waals surface area contributed by atoms with Crippen LogP contribution in [0.3, 0.4) is 0 Å². The van der Waals surface area contributed by atoms with Crippen LogP contribution in [0.2, 0.25) is 0 Å². The molecule has 0 aliphatic heterocycles. The third-order valence-electron chi connectivity index (χ3n) is 14.3. The number of hydrogen-bond donors (Lipinski definition) is 0. The molecule has 0 aliphatic carbocycles. The predicted octanol–water partition coefficient (Wildman–Crippen LogP) is 19.5. The van der Waals surface area contributed by atoms with Gasteiger partial charge in [-0.25, -0.2) is 0 Å². The Bertz CT molecular complexity index is 4300. The standard InChI is InChI=1S/C68H43NS/c1-6-20-44(21-7-1)50-38-58(46-24-10-3-11-25-46)67-61(40-50)62-41-51(45-22-8-2-9-23-45)39-59(68(62)70-67)49-34-36-54-53-30-18-19-33-63(53)69(64(54)42-49)52-35-37-57-60(43-52)66(48-28-14-5-15-29-48)56-32-17-16-31-55(56)65(57)47-26-12-4-13-27-47/h1-43H. The average Bonchev–Trinajstić information content (AvgIpc) is 3.98. The van der Waals surface area contributed by atoms with Gasteiger partial charge in [-0.2, -0.15) is 0 Å². The minimum absolute atomic E-state index is 1.13. The van der Waals surface area contributed by atoms with Crippen LogP contribution in [0.1, 0.15) is 0 Å². The normalized spacial score (nSPS) is 11.7. The van der Waals surface area contributed by atoms with E-state index >= 15 is 0 Å². The summed E-state index contributed by atoms with van der Waals surface area (Å²) in [7, 11) is 0. The Morgan fingerprint density at radius 2 is 0.643 bits per heavy atom. The lowest BCUT2D eigenvalue weighted by Gasteiger charge is -2.19. The van der Waals surface area contributed by atoms with Crippen molar-refractivity contribution < 1.29 is 0 Å². The lowest BCUT2D eigenvalue weighted by Crippen LogP contribution is -1.96. The van der Waals surface area contributed by atoms with Gasteiger partial charge >= 0.3 is 0 Å². The summed E-state index contributed by atoms with van der Waals surface area (Å²) in [5.74, 6) is 0. The summed E-state index contributed by atoms with van der Waals surface area (Å²) in [6.45, 7) is 0. The highest BCUT2D eigenvalue weighted by molar-refractivity contribution is 7.27. The molecule has 14 aromatic rings. The largest absolute Gasteiger partial charge is 0.309 e. The number of aromatic nitrogens is 1. The zero-order chi connectivity index (χ0) is 46.1. The maximum atomic E-state index is 2.50. The fourth-order valence-electron chi connectivity index (χ4n) is 11.2. The number of nitrogens with zero attached hydrogens (tertiary/aromatic N) is 1. The number of fused-ring (bicyclic) bond motifs is 8. The molecule has 0 saturated carbocycles. The molecule has 0 bridgehead atoms. The van der Waals surface area contributed by atoms with Gasteiger partial charge in [0.2, 0.25) is 0 Å². The first-order valence-corrected chi connectivity index (χ1v) is 24.9. The summed E-state index contributed by atoms with van der Waals surface area (Å²) in [6, 6.07) is 96.3. The van der Waals surface area contributed by atoms with Gasteiger partial charge in [-0.1, -0.05) is 212 Å². The molecule has 12 aromatic carbocycles. The van der Waals surface area contributed by atoms with E-state index in [0.717, 1.165) is 5.69 Å². The molecule has 0 saturated heterocycles. The van der Waals surface area contributed by atoms with Crippen molar-refractivity contribution in [1.29, 1.82) is 0 Å². The van der Waals surface area contributed by atoms with Crippen LogP contribution < -0.4 is 0 Å². The van der Waals surface area contributed by atoms with Crippen molar-refractivity contribution in [2.24, 2.45) is 0 Å². The van der Waals surface area contributed by atoms with Crippen LogP contribution in [0.15, 0.2) is 261 Å².